The molecule has 0 radical (unpaired) electrons. The molecule has 1 heterocycles. The van der Waals surface area contributed by atoms with Gasteiger partial charge in [0.1, 0.15) is 0 Å². The molecule has 3 heteroatoms. The number of nitrogens with zero attached hydrogens (tertiary/aromatic N) is 2. The molecule has 0 unspecified atom stereocenters. The average Bonchev–Trinajstić information content (AvgIpc) is 2.93. The van der Waals surface area contributed by atoms with Crippen LogP contribution in [-0.4, -0.2) is 22.7 Å². The lowest BCUT2D eigenvalue weighted by atomic mass is 10.1. The maximum absolute atomic E-state index is 9.52. The molecule has 0 amide bonds. The van der Waals surface area contributed by atoms with Gasteiger partial charge in [0.2, 0.25) is 0 Å². The van der Waals surface area contributed by atoms with Gasteiger partial charge < -0.3 is 10.0 Å². The highest BCUT2D eigenvalue weighted by Crippen LogP contribution is 2.30. The Morgan fingerprint density at radius 2 is 2.11 bits per heavy atom. The highest BCUT2D eigenvalue weighted by molar-refractivity contribution is 5.53. The second-order valence-electron chi connectivity index (χ2n) is 5.98. The molecule has 0 aliphatic heterocycles. The summed E-state index contributed by atoms with van der Waals surface area (Å²) in [5.41, 5.74) is 2.14. The Bertz CT molecular complexity index is 386. The minimum absolute atomic E-state index is 0.0775. The van der Waals surface area contributed by atoms with Crippen LogP contribution < -0.4 is 4.90 Å². The summed E-state index contributed by atoms with van der Waals surface area (Å²) in [6, 6.07) is 2.70. The fourth-order valence-electron chi connectivity index (χ4n) is 2.93. The number of aliphatic hydroxyl groups excluding tert-OH is 1. The Morgan fingerprint density at radius 1 is 1.37 bits per heavy atom. The van der Waals surface area contributed by atoms with E-state index >= 15 is 0 Å². The highest BCUT2D eigenvalue weighted by atomic mass is 16.3. The van der Waals surface area contributed by atoms with Crippen LogP contribution in [0.2, 0.25) is 0 Å². The van der Waals surface area contributed by atoms with E-state index in [2.05, 4.69) is 29.8 Å². The first-order chi connectivity index (χ1) is 9.22. The van der Waals surface area contributed by atoms with Crippen LogP contribution in [-0.2, 0) is 6.61 Å². The Kier molecular flexibility index (Phi) is 5.20. The largest absolute Gasteiger partial charge is 0.392 e. The SMILES string of the molecule is CC(C)CCN(c1ccncc1CO)C1CCCC1. The summed E-state index contributed by atoms with van der Waals surface area (Å²) in [5.74, 6) is 0.711. The van der Waals surface area contributed by atoms with E-state index in [1.165, 1.54) is 37.8 Å². The Hall–Kier alpha value is -1.09. The third kappa shape index (κ3) is 3.69. The van der Waals surface area contributed by atoms with Gasteiger partial charge in [0.25, 0.3) is 0 Å². The predicted molar refractivity (Wildman–Crippen MR) is 79.2 cm³/mol. The second kappa shape index (κ2) is 6.90. The van der Waals surface area contributed by atoms with Crippen LogP contribution in [0.25, 0.3) is 0 Å². The molecule has 1 fully saturated rings. The van der Waals surface area contributed by atoms with E-state index in [1.807, 2.05) is 6.20 Å². The van der Waals surface area contributed by atoms with Gasteiger partial charge in [-0.1, -0.05) is 26.7 Å². The van der Waals surface area contributed by atoms with E-state index in [9.17, 15) is 5.11 Å². The molecule has 0 saturated heterocycles. The van der Waals surface area contributed by atoms with Crippen LogP contribution in [0.3, 0.4) is 0 Å². The van der Waals surface area contributed by atoms with E-state index in [0.29, 0.717) is 12.0 Å². The number of hydrogen-bond donors (Lipinski definition) is 1. The zero-order valence-electron chi connectivity index (χ0n) is 12.2. The van der Waals surface area contributed by atoms with E-state index in [-0.39, 0.29) is 6.61 Å². The summed E-state index contributed by atoms with van der Waals surface area (Å²) in [5, 5.41) is 9.52. The first-order valence-electron chi connectivity index (χ1n) is 7.52. The predicted octanol–water partition coefficient (Wildman–Crippen LogP) is 3.37. The molecule has 1 saturated carbocycles. The molecule has 0 bridgehead atoms. The second-order valence-corrected chi connectivity index (χ2v) is 5.98. The first-order valence-corrected chi connectivity index (χ1v) is 7.52. The summed E-state index contributed by atoms with van der Waals surface area (Å²) in [6.45, 7) is 5.70. The number of anilines is 1. The third-order valence-electron chi connectivity index (χ3n) is 4.07. The van der Waals surface area contributed by atoms with Crippen LogP contribution in [0.15, 0.2) is 18.5 Å². The molecule has 3 nitrogen and oxygen atoms in total. The summed E-state index contributed by atoms with van der Waals surface area (Å²) in [6.07, 6.45) is 10.1. The molecule has 1 aromatic heterocycles. The van der Waals surface area contributed by atoms with Gasteiger partial charge in [0, 0.05) is 36.2 Å². The van der Waals surface area contributed by atoms with Crippen molar-refractivity contribution >= 4 is 5.69 Å². The molecule has 106 valence electrons. The number of rotatable bonds is 6. The molecule has 0 aromatic carbocycles. The van der Waals surface area contributed by atoms with Gasteiger partial charge in [-0.2, -0.15) is 0 Å². The average molecular weight is 262 g/mol. The Balaban J connectivity index is 2.19. The van der Waals surface area contributed by atoms with E-state index in [0.717, 1.165) is 12.1 Å². The monoisotopic (exact) mass is 262 g/mol. The zero-order chi connectivity index (χ0) is 13.7. The van der Waals surface area contributed by atoms with Crippen molar-refractivity contribution in [2.45, 2.75) is 58.6 Å². The van der Waals surface area contributed by atoms with E-state index in [1.54, 1.807) is 6.20 Å². The van der Waals surface area contributed by atoms with Crippen molar-refractivity contribution in [2.24, 2.45) is 5.92 Å². The molecular weight excluding hydrogens is 236 g/mol. The van der Waals surface area contributed by atoms with Crippen molar-refractivity contribution in [3.63, 3.8) is 0 Å². The molecule has 0 spiro atoms. The molecule has 19 heavy (non-hydrogen) atoms. The van der Waals surface area contributed by atoms with Gasteiger partial charge in [0.05, 0.1) is 6.61 Å². The molecular formula is C16H26N2O. The molecule has 2 rings (SSSR count). The quantitative estimate of drug-likeness (QED) is 0.854. The lowest BCUT2D eigenvalue weighted by Crippen LogP contribution is -2.35. The van der Waals surface area contributed by atoms with Crippen LogP contribution >= 0.6 is 0 Å². The number of pyridine rings is 1. The Labute approximate surface area is 116 Å². The van der Waals surface area contributed by atoms with Gasteiger partial charge >= 0.3 is 0 Å². The molecule has 1 N–H and O–H groups in total. The normalized spacial score (nSPS) is 16.2. The third-order valence-corrected chi connectivity index (χ3v) is 4.07. The van der Waals surface area contributed by atoms with Crippen LogP contribution in [0.1, 0.15) is 51.5 Å². The fraction of sp³-hybridized carbons (Fsp3) is 0.688. The number of aliphatic hydroxyl groups is 1. The van der Waals surface area contributed by atoms with Crippen molar-refractivity contribution in [3.05, 3.63) is 24.0 Å². The fourth-order valence-corrected chi connectivity index (χ4v) is 2.93. The Morgan fingerprint density at radius 3 is 2.74 bits per heavy atom. The van der Waals surface area contributed by atoms with Crippen LogP contribution in [0.4, 0.5) is 5.69 Å². The van der Waals surface area contributed by atoms with Crippen molar-refractivity contribution in [2.75, 3.05) is 11.4 Å². The number of hydrogen-bond acceptors (Lipinski definition) is 3. The summed E-state index contributed by atoms with van der Waals surface area (Å²) >= 11 is 0. The van der Waals surface area contributed by atoms with Crippen LogP contribution in [0.5, 0.6) is 0 Å². The molecule has 1 aliphatic rings. The minimum atomic E-state index is 0.0775. The lowest BCUT2D eigenvalue weighted by Gasteiger charge is -2.33. The van der Waals surface area contributed by atoms with Gasteiger partial charge in [-0.05, 0) is 31.2 Å². The molecule has 1 aliphatic carbocycles. The molecule has 1 aromatic rings. The number of aromatic nitrogens is 1. The minimum Gasteiger partial charge on any atom is -0.392 e. The van der Waals surface area contributed by atoms with Crippen molar-refractivity contribution in [3.8, 4) is 0 Å². The summed E-state index contributed by atoms with van der Waals surface area (Å²) in [7, 11) is 0. The standard InChI is InChI=1S/C16H26N2O/c1-13(2)8-10-18(15-5-3-4-6-15)16-7-9-17-11-14(16)12-19/h7,9,11,13,15,19H,3-6,8,10,12H2,1-2H3. The summed E-state index contributed by atoms with van der Waals surface area (Å²) in [4.78, 5) is 6.65. The van der Waals surface area contributed by atoms with Gasteiger partial charge in [-0.15, -0.1) is 0 Å². The highest BCUT2D eigenvalue weighted by Gasteiger charge is 2.24. The lowest BCUT2D eigenvalue weighted by molar-refractivity contribution is 0.281. The van der Waals surface area contributed by atoms with Crippen molar-refractivity contribution < 1.29 is 5.11 Å². The van der Waals surface area contributed by atoms with Crippen molar-refractivity contribution in [1.82, 2.24) is 4.98 Å². The van der Waals surface area contributed by atoms with Gasteiger partial charge in [-0.25, -0.2) is 0 Å². The zero-order valence-corrected chi connectivity index (χ0v) is 12.2. The maximum Gasteiger partial charge on any atom is 0.0717 e. The van der Waals surface area contributed by atoms with E-state index < -0.39 is 0 Å². The van der Waals surface area contributed by atoms with Gasteiger partial charge in [0.15, 0.2) is 0 Å². The van der Waals surface area contributed by atoms with E-state index in [4.69, 9.17) is 0 Å². The van der Waals surface area contributed by atoms with Gasteiger partial charge in [-0.3, -0.25) is 4.98 Å². The first kappa shape index (κ1) is 14.3. The molecule has 0 atom stereocenters. The van der Waals surface area contributed by atoms with Crippen LogP contribution in [0, 0.1) is 5.92 Å². The smallest absolute Gasteiger partial charge is 0.0717 e. The van der Waals surface area contributed by atoms with Crippen molar-refractivity contribution in [1.29, 1.82) is 0 Å². The summed E-state index contributed by atoms with van der Waals surface area (Å²) < 4.78 is 0. The maximum atomic E-state index is 9.52. The topological polar surface area (TPSA) is 36.4 Å².